The molecule has 0 spiro atoms. The normalized spacial score (nSPS) is 15.0. The fraction of sp³-hybridized carbons (Fsp3) is 0.169. The van der Waals surface area contributed by atoms with E-state index in [1.807, 2.05) is 182 Å². The van der Waals surface area contributed by atoms with Crippen LogP contribution in [0.1, 0.15) is 96.6 Å². The summed E-state index contributed by atoms with van der Waals surface area (Å²) in [5.74, 6) is 1.87. The largest absolute Gasteiger partial charge is 0.506 e. The van der Waals surface area contributed by atoms with E-state index in [9.17, 15) is 14.4 Å². The van der Waals surface area contributed by atoms with Crippen molar-refractivity contribution >= 4 is 109 Å². The van der Waals surface area contributed by atoms with Crippen LogP contribution in [0.25, 0.3) is 67.6 Å². The van der Waals surface area contributed by atoms with Crippen molar-refractivity contribution in [2.45, 2.75) is 63.5 Å². The summed E-state index contributed by atoms with van der Waals surface area (Å²) in [6.45, 7) is 5.42. The lowest BCUT2D eigenvalue weighted by molar-refractivity contribution is -0.134. The number of imidazole rings is 2. The highest BCUT2D eigenvalue weighted by Gasteiger charge is 2.36. The van der Waals surface area contributed by atoms with Crippen molar-refractivity contribution in [1.82, 2.24) is 39.7 Å². The second kappa shape index (κ2) is 28.9. The molecule has 0 aliphatic carbocycles. The molecule has 91 heavy (non-hydrogen) atoms. The number of rotatable bonds is 11. The van der Waals surface area contributed by atoms with Gasteiger partial charge in [0.15, 0.2) is 11.2 Å². The maximum atomic E-state index is 13.6. The summed E-state index contributed by atoms with van der Waals surface area (Å²) >= 11 is 13.2. The number of oxazole rings is 2. The van der Waals surface area contributed by atoms with Crippen LogP contribution in [0.3, 0.4) is 0 Å². The Balaban J connectivity index is 0.000000189. The first-order valence-electron chi connectivity index (χ1n) is 29.4. The van der Waals surface area contributed by atoms with Crippen LogP contribution in [-0.2, 0) is 9.59 Å². The Kier molecular flexibility index (Phi) is 20.2. The Labute approximate surface area is 558 Å². The zero-order valence-corrected chi connectivity index (χ0v) is 55.7. The van der Waals surface area contributed by atoms with Crippen molar-refractivity contribution in [2.75, 3.05) is 18.8 Å². The molecule has 4 atom stereocenters. The van der Waals surface area contributed by atoms with Crippen LogP contribution < -0.4 is 5.73 Å². The van der Waals surface area contributed by atoms with E-state index in [1.165, 1.54) is 0 Å². The maximum Gasteiger partial charge on any atom is 0.335 e. The summed E-state index contributed by atoms with van der Waals surface area (Å²) in [7, 11) is 0. The van der Waals surface area contributed by atoms with Gasteiger partial charge < -0.3 is 44.5 Å². The number of nitrogens with two attached hydrogens (primary N) is 1. The molecule has 0 unspecified atom stereocenters. The Morgan fingerprint density at radius 3 is 1.44 bits per heavy atom. The number of amides is 2. The van der Waals surface area contributed by atoms with Gasteiger partial charge in [0.25, 0.3) is 0 Å². The van der Waals surface area contributed by atoms with E-state index in [-0.39, 0.29) is 41.5 Å². The Morgan fingerprint density at radius 2 is 0.945 bits per heavy atom. The van der Waals surface area contributed by atoms with Crippen LogP contribution in [0.2, 0.25) is 0 Å². The second-order valence-corrected chi connectivity index (χ2v) is 25.6. The Bertz CT molecular complexity index is 4480. The van der Waals surface area contributed by atoms with Gasteiger partial charge in [0.1, 0.15) is 28.4 Å². The molecule has 0 saturated carbocycles. The smallest absolute Gasteiger partial charge is 0.335 e. The van der Waals surface area contributed by atoms with Gasteiger partial charge in [0.2, 0.25) is 23.6 Å². The van der Waals surface area contributed by atoms with Gasteiger partial charge in [-0.3, -0.25) is 9.59 Å². The first kappa shape index (κ1) is 63.6. The lowest BCUT2D eigenvalue weighted by atomic mass is 9.99. The van der Waals surface area contributed by atoms with Gasteiger partial charge in [0.05, 0.1) is 59.0 Å². The number of anilines is 1. The molecule has 16 nitrogen and oxygen atoms in total. The zero-order chi connectivity index (χ0) is 63.7. The van der Waals surface area contributed by atoms with Crippen LogP contribution in [0.4, 0.5) is 5.69 Å². The number of fused-ring (bicyclic) bond motifs is 2. The predicted octanol–water partition coefficient (Wildman–Crippen LogP) is 18.1. The molecule has 6 heterocycles. The van der Waals surface area contributed by atoms with Crippen LogP contribution in [0.5, 0.6) is 5.75 Å². The number of likely N-dealkylation sites (tertiary alicyclic amines) is 2. The third-order valence-electron chi connectivity index (χ3n) is 15.9. The lowest BCUT2D eigenvalue weighted by Gasteiger charge is -2.26. The highest BCUT2D eigenvalue weighted by atomic mass is 79.9. The van der Waals surface area contributed by atoms with E-state index in [4.69, 9.17) is 39.7 Å². The van der Waals surface area contributed by atoms with Gasteiger partial charge in [-0.15, -0.1) is 0 Å². The highest BCUT2D eigenvalue weighted by molar-refractivity contribution is 9.11. The van der Waals surface area contributed by atoms with Crippen LogP contribution in [0, 0.1) is 0 Å². The maximum absolute atomic E-state index is 13.6. The van der Waals surface area contributed by atoms with Crippen molar-refractivity contribution in [3.05, 3.63) is 247 Å². The summed E-state index contributed by atoms with van der Waals surface area (Å²) in [6, 6.07) is 58.9. The van der Waals surface area contributed by atoms with E-state index in [0.29, 0.717) is 28.6 Å². The van der Waals surface area contributed by atoms with Crippen molar-refractivity contribution in [1.29, 1.82) is 0 Å². The molecule has 2 saturated heterocycles. The minimum absolute atomic E-state index is 0.0694. The first-order valence-corrected chi connectivity index (χ1v) is 32.6. The number of phenols is 1. The van der Waals surface area contributed by atoms with E-state index < -0.39 is 5.97 Å². The quantitative estimate of drug-likeness (QED) is 0.0601. The molecular weight excluding hydrogens is 1410 g/mol. The zero-order valence-electron chi connectivity index (χ0n) is 49.3. The number of aromatic carboxylic acids is 1. The lowest BCUT2D eigenvalue weighted by Crippen LogP contribution is -2.34. The third-order valence-corrected chi connectivity index (χ3v) is 17.9. The standard InChI is InChI=1S/C45H43N7O3.C13H7Br2NO.C7H5BrO2.C6H6BrNO/c1-28(30-11-5-3-6-12-30)44(53)51-23-9-15-38(51)41-46-26-36(48-41)32-17-19-33(20-18-32)43-50-35-25-34(21-22-40(35)55-43)37-27-47-42(49-37)39-16-10-24-52(39)45(54)29(2)31-13-7-4-8-14-31;14-9-3-1-8(2-4-9)13-16-11-7-10(15)5-6-12(11)17-13;8-6-3-1-5(2-4-6)7(9)10;7-4-1-2-6(9)5(8)3-4/h3-8,11-14,17-22,25-29,38-39H,9-10,15-16,23-24H2,1-2H3,(H,46,48)(H,47,49);1-7H;1-4H,(H,9,10);1-3,9H,8H2/t28-,29-,38+,39+;;;/m1.../s1. The number of nitrogen functional groups attached to an aromatic ring is 1. The van der Waals surface area contributed by atoms with Gasteiger partial charge in [0, 0.05) is 47.7 Å². The van der Waals surface area contributed by atoms with Crippen LogP contribution in [-0.4, -0.2) is 80.8 Å². The average molecular weight is 1470 g/mol. The molecule has 0 bridgehead atoms. The number of nitrogens with one attached hydrogen (secondary N) is 2. The van der Waals surface area contributed by atoms with E-state index in [2.05, 4.69) is 78.7 Å². The number of carboxylic acid groups (broad SMARTS) is 1. The van der Waals surface area contributed by atoms with Gasteiger partial charge >= 0.3 is 5.97 Å². The number of carbonyl (C=O) groups excluding carboxylic acids is 2. The number of aromatic amines is 2. The van der Waals surface area contributed by atoms with E-state index >= 15 is 0 Å². The number of phenolic OH excluding ortho intramolecular Hbond substituents is 1. The van der Waals surface area contributed by atoms with Crippen molar-refractivity contribution in [3.8, 4) is 51.2 Å². The average Bonchev–Trinajstić information content (AvgIpc) is 2.40. The molecule has 2 aliphatic rings. The highest BCUT2D eigenvalue weighted by Crippen LogP contribution is 2.38. The predicted molar refractivity (Wildman–Crippen MR) is 368 cm³/mol. The molecule has 2 amide bonds. The van der Waals surface area contributed by atoms with Crippen molar-refractivity contribution < 1.29 is 33.4 Å². The third kappa shape index (κ3) is 15.3. The number of benzene rings is 8. The van der Waals surface area contributed by atoms with Crippen LogP contribution in [0.15, 0.2) is 227 Å². The second-order valence-electron chi connectivity index (χ2n) is 21.9. The van der Waals surface area contributed by atoms with Gasteiger partial charge in [-0.05, 0) is 171 Å². The van der Waals surface area contributed by atoms with Crippen LogP contribution >= 0.6 is 63.7 Å². The number of H-pyrrole nitrogens is 2. The van der Waals surface area contributed by atoms with Gasteiger partial charge in [-0.1, -0.05) is 137 Å². The Morgan fingerprint density at radius 1 is 0.527 bits per heavy atom. The molecular formula is C71H61Br4N9O7. The number of aromatic hydroxyl groups is 1. The molecule has 8 aromatic carbocycles. The Hall–Kier alpha value is -8.95. The van der Waals surface area contributed by atoms with Gasteiger partial charge in [-0.2, -0.15) is 0 Å². The summed E-state index contributed by atoms with van der Waals surface area (Å²) in [6.07, 6.45) is 7.35. The molecule has 4 aromatic heterocycles. The summed E-state index contributed by atoms with van der Waals surface area (Å²) in [5.41, 5.74) is 16.7. The summed E-state index contributed by atoms with van der Waals surface area (Å²) < 4.78 is 15.7. The first-order chi connectivity index (χ1) is 44.0. The summed E-state index contributed by atoms with van der Waals surface area (Å²) in [4.78, 5) is 67.1. The SMILES string of the molecule is Brc1ccc(-c2nc3cc(Br)ccc3o2)cc1.C[C@@H](C(=O)N1CCC[C@H]1c1ncc(-c2ccc(-c3nc4cc(-c5cnc([C@@H]6CCCN6C(=O)[C@H](C)c6ccccc6)[nH]5)ccc4o3)cc2)[nH]1)c1ccccc1.Nc1cc(Br)ccc1O.O=C(O)c1ccc(Br)cc1. The fourth-order valence-electron chi connectivity index (χ4n) is 10.9. The molecule has 0 radical (unpaired) electrons. The van der Waals surface area contributed by atoms with E-state index in [0.717, 1.165) is 130 Å². The minimum Gasteiger partial charge on any atom is -0.506 e. The number of carboxylic acids is 1. The minimum atomic E-state index is -0.896. The molecule has 460 valence electrons. The molecule has 20 heteroatoms. The number of aromatic nitrogens is 6. The number of nitrogens with zero attached hydrogens (tertiary/aromatic N) is 6. The number of hydrogen-bond donors (Lipinski definition) is 5. The molecule has 2 fully saturated rings. The monoisotopic (exact) mass is 1470 g/mol. The van der Waals surface area contributed by atoms with E-state index in [1.54, 1.807) is 42.5 Å². The number of halogens is 4. The summed E-state index contributed by atoms with van der Waals surface area (Å²) in [5, 5.41) is 17.4. The molecule has 14 rings (SSSR count). The number of hydrogen-bond acceptors (Lipinski definition) is 11. The number of carbonyl (C=O) groups is 3. The van der Waals surface area contributed by atoms with Gasteiger partial charge in [-0.25, -0.2) is 24.7 Å². The van der Waals surface area contributed by atoms with Crippen molar-refractivity contribution in [2.24, 2.45) is 0 Å². The topological polar surface area (TPSA) is 234 Å². The fourth-order valence-corrected chi connectivity index (χ4v) is 12.2. The molecule has 12 aromatic rings. The van der Waals surface area contributed by atoms with Crippen molar-refractivity contribution in [3.63, 3.8) is 0 Å². The molecule has 6 N–H and O–H groups in total. The molecule has 2 aliphatic heterocycles.